The van der Waals surface area contributed by atoms with E-state index >= 15 is 0 Å². The number of guanidine groups is 1. The van der Waals surface area contributed by atoms with Crippen molar-refractivity contribution < 1.29 is 4.79 Å². The molecular formula is C12H12ClN3O. The van der Waals surface area contributed by atoms with Crippen molar-refractivity contribution >= 4 is 29.2 Å². The van der Waals surface area contributed by atoms with E-state index in [9.17, 15) is 4.79 Å². The van der Waals surface area contributed by atoms with Crippen LogP contribution in [0.1, 0.15) is 24.8 Å². The first-order valence-electron chi connectivity index (χ1n) is 5.34. The van der Waals surface area contributed by atoms with E-state index in [0.29, 0.717) is 17.2 Å². The smallest absolute Gasteiger partial charge is 0.239 e. The van der Waals surface area contributed by atoms with Gasteiger partial charge >= 0.3 is 0 Å². The molecule has 0 saturated heterocycles. The van der Waals surface area contributed by atoms with Crippen LogP contribution < -0.4 is 5.32 Å². The average molecular weight is 250 g/mol. The highest BCUT2D eigenvalue weighted by Gasteiger charge is 2.29. The summed E-state index contributed by atoms with van der Waals surface area (Å²) in [6, 6.07) is 7.12. The lowest BCUT2D eigenvalue weighted by atomic mass is 9.91. The van der Waals surface area contributed by atoms with E-state index < -0.39 is 5.92 Å². The van der Waals surface area contributed by atoms with Gasteiger partial charge in [0.05, 0.1) is 0 Å². The quantitative estimate of drug-likeness (QED) is 0.830. The standard InChI is InChI=1S/C12H12ClN3O/c1-2-9-10(11(17)16-12(14)15-9)7-3-5-8(13)6-4-7/h3-6,10H,2H2,1H3,(H2,14,16,17). The van der Waals surface area contributed by atoms with E-state index in [4.69, 9.17) is 17.0 Å². The van der Waals surface area contributed by atoms with Crippen LogP contribution in [0.15, 0.2) is 29.3 Å². The van der Waals surface area contributed by atoms with Crippen molar-refractivity contribution in [2.45, 2.75) is 19.3 Å². The van der Waals surface area contributed by atoms with Gasteiger partial charge in [-0.3, -0.25) is 15.5 Å². The predicted octanol–water partition coefficient (Wildman–Crippen LogP) is 2.34. The van der Waals surface area contributed by atoms with Crippen LogP contribution >= 0.6 is 11.6 Å². The summed E-state index contributed by atoms with van der Waals surface area (Å²) in [5.74, 6) is -0.701. The van der Waals surface area contributed by atoms with Crippen LogP contribution in [0.25, 0.3) is 0 Å². The van der Waals surface area contributed by atoms with Crippen LogP contribution in [0.4, 0.5) is 0 Å². The molecule has 17 heavy (non-hydrogen) atoms. The molecule has 1 atom stereocenters. The molecule has 1 aromatic carbocycles. The maximum absolute atomic E-state index is 11.9. The zero-order valence-electron chi connectivity index (χ0n) is 9.33. The molecule has 1 aromatic rings. The van der Waals surface area contributed by atoms with Crippen molar-refractivity contribution in [3.63, 3.8) is 0 Å². The van der Waals surface area contributed by atoms with Gasteiger partial charge in [-0.1, -0.05) is 30.7 Å². The molecule has 0 radical (unpaired) electrons. The van der Waals surface area contributed by atoms with Gasteiger partial charge in [0, 0.05) is 10.7 Å². The fraction of sp³-hybridized carbons (Fsp3) is 0.250. The summed E-state index contributed by atoms with van der Waals surface area (Å²) in [7, 11) is 0. The first kappa shape index (κ1) is 11.8. The Morgan fingerprint density at radius 3 is 2.65 bits per heavy atom. The normalized spacial score (nSPS) is 19.9. The largest absolute Gasteiger partial charge is 0.294 e. The number of nitrogens with zero attached hydrogens (tertiary/aromatic N) is 1. The molecule has 0 aliphatic carbocycles. The van der Waals surface area contributed by atoms with Crippen LogP contribution in [-0.4, -0.2) is 17.6 Å². The van der Waals surface area contributed by atoms with Gasteiger partial charge in [0.25, 0.3) is 0 Å². The van der Waals surface area contributed by atoms with Crippen molar-refractivity contribution in [3.05, 3.63) is 34.9 Å². The first-order valence-corrected chi connectivity index (χ1v) is 5.72. The number of aliphatic imine (C=N–C) groups is 1. The van der Waals surface area contributed by atoms with E-state index in [2.05, 4.69) is 10.3 Å². The Hall–Kier alpha value is -1.68. The second kappa shape index (κ2) is 4.67. The third-order valence-electron chi connectivity index (χ3n) is 2.66. The summed E-state index contributed by atoms with van der Waals surface area (Å²) in [4.78, 5) is 16.0. The van der Waals surface area contributed by atoms with E-state index in [1.165, 1.54) is 0 Å². The highest BCUT2D eigenvalue weighted by Crippen LogP contribution is 2.23. The van der Waals surface area contributed by atoms with Gasteiger partial charge in [0.15, 0.2) is 0 Å². The van der Waals surface area contributed by atoms with Crippen LogP contribution in [0.5, 0.6) is 0 Å². The van der Waals surface area contributed by atoms with Gasteiger partial charge in [-0.15, -0.1) is 0 Å². The zero-order chi connectivity index (χ0) is 12.4. The topological polar surface area (TPSA) is 65.3 Å². The molecule has 88 valence electrons. The third-order valence-corrected chi connectivity index (χ3v) is 2.91. The van der Waals surface area contributed by atoms with Crippen molar-refractivity contribution in [3.8, 4) is 0 Å². The highest BCUT2D eigenvalue weighted by molar-refractivity contribution is 6.30. The minimum Gasteiger partial charge on any atom is -0.294 e. The maximum Gasteiger partial charge on any atom is 0.239 e. The molecular weight excluding hydrogens is 238 g/mol. The Balaban J connectivity index is 2.42. The van der Waals surface area contributed by atoms with E-state index in [1.54, 1.807) is 12.1 Å². The van der Waals surface area contributed by atoms with Gasteiger partial charge in [0.2, 0.25) is 11.9 Å². The van der Waals surface area contributed by atoms with Crippen LogP contribution in [-0.2, 0) is 4.79 Å². The number of nitrogens with one attached hydrogen (secondary N) is 2. The third kappa shape index (κ3) is 2.36. The van der Waals surface area contributed by atoms with Gasteiger partial charge in [-0.05, 0) is 24.1 Å². The van der Waals surface area contributed by atoms with E-state index in [1.807, 2.05) is 19.1 Å². The molecule has 0 bridgehead atoms. The molecule has 0 spiro atoms. The van der Waals surface area contributed by atoms with Gasteiger partial charge in [0.1, 0.15) is 5.92 Å². The number of amides is 1. The number of carbonyl (C=O) groups excluding carboxylic acids is 1. The number of hydrogen-bond donors (Lipinski definition) is 2. The number of benzene rings is 1. The van der Waals surface area contributed by atoms with Crippen LogP contribution in [0.3, 0.4) is 0 Å². The lowest BCUT2D eigenvalue weighted by Gasteiger charge is -2.22. The monoisotopic (exact) mass is 249 g/mol. The summed E-state index contributed by atoms with van der Waals surface area (Å²) in [6.45, 7) is 1.92. The Morgan fingerprint density at radius 2 is 2.06 bits per heavy atom. The van der Waals surface area contributed by atoms with Crippen LogP contribution in [0, 0.1) is 5.41 Å². The molecule has 2 N–H and O–H groups in total. The zero-order valence-corrected chi connectivity index (χ0v) is 10.1. The molecule has 1 unspecified atom stereocenters. The Labute approximate surface area is 104 Å². The van der Waals surface area contributed by atoms with Crippen molar-refractivity contribution in [2.24, 2.45) is 4.99 Å². The summed E-state index contributed by atoms with van der Waals surface area (Å²) >= 11 is 5.82. The number of carbonyl (C=O) groups is 1. The molecule has 5 heteroatoms. The lowest BCUT2D eigenvalue weighted by Crippen LogP contribution is -2.41. The molecule has 4 nitrogen and oxygen atoms in total. The Bertz CT molecular complexity index is 493. The Kier molecular flexibility index (Phi) is 3.24. The second-order valence-corrected chi connectivity index (χ2v) is 4.22. The van der Waals surface area contributed by atoms with Crippen LogP contribution in [0.2, 0.25) is 5.02 Å². The highest BCUT2D eigenvalue weighted by atomic mass is 35.5. The summed E-state index contributed by atoms with van der Waals surface area (Å²) in [5.41, 5.74) is 1.56. The number of halogens is 1. The van der Waals surface area contributed by atoms with E-state index in [0.717, 1.165) is 5.56 Å². The summed E-state index contributed by atoms with van der Waals surface area (Å²) < 4.78 is 0. The maximum atomic E-state index is 11.9. The molecule has 1 amide bonds. The van der Waals surface area contributed by atoms with Gasteiger partial charge in [-0.2, -0.15) is 0 Å². The number of hydrogen-bond acceptors (Lipinski definition) is 2. The molecule has 2 rings (SSSR count). The molecule has 0 saturated carbocycles. The molecule has 0 aromatic heterocycles. The predicted molar refractivity (Wildman–Crippen MR) is 67.8 cm³/mol. The molecule has 1 aliphatic heterocycles. The summed E-state index contributed by atoms with van der Waals surface area (Å²) in [5, 5.41) is 10.5. The Morgan fingerprint density at radius 1 is 1.41 bits per heavy atom. The van der Waals surface area contributed by atoms with Crippen molar-refractivity contribution in [2.75, 3.05) is 0 Å². The fourth-order valence-electron chi connectivity index (χ4n) is 1.86. The van der Waals surface area contributed by atoms with Crippen molar-refractivity contribution in [1.29, 1.82) is 5.41 Å². The molecule has 0 fully saturated rings. The second-order valence-electron chi connectivity index (χ2n) is 3.78. The first-order chi connectivity index (χ1) is 8.11. The number of rotatable bonds is 2. The fourth-order valence-corrected chi connectivity index (χ4v) is 1.98. The summed E-state index contributed by atoms with van der Waals surface area (Å²) in [6.07, 6.45) is 0.642. The minimum absolute atomic E-state index is 0.0861. The van der Waals surface area contributed by atoms with Crippen molar-refractivity contribution in [1.82, 2.24) is 5.32 Å². The molecule has 1 heterocycles. The SMILES string of the molecule is CCC1=NC(=N)NC(=O)C1c1ccc(Cl)cc1. The van der Waals surface area contributed by atoms with Gasteiger partial charge < -0.3 is 0 Å². The van der Waals surface area contributed by atoms with Gasteiger partial charge in [-0.25, -0.2) is 4.99 Å². The lowest BCUT2D eigenvalue weighted by molar-refractivity contribution is -0.119. The average Bonchev–Trinajstić information content (AvgIpc) is 2.30. The van der Waals surface area contributed by atoms with E-state index in [-0.39, 0.29) is 11.9 Å². The molecule has 1 aliphatic rings. The minimum atomic E-state index is -0.411.